The molecular weight excluding hydrogens is 371 g/mol. The molecular formula is C23H23O2PS. The minimum atomic E-state index is -3.24. The van der Waals surface area contributed by atoms with Crippen LogP contribution in [-0.2, 0) is 4.57 Å². The summed E-state index contributed by atoms with van der Waals surface area (Å²) in [4.78, 5) is 13.5. The van der Waals surface area contributed by atoms with Crippen LogP contribution >= 0.6 is 17.6 Å². The van der Waals surface area contributed by atoms with Crippen LogP contribution in [0, 0.1) is 6.92 Å². The van der Waals surface area contributed by atoms with Gasteiger partial charge in [-0.25, -0.2) is 0 Å². The molecule has 0 saturated heterocycles. The molecule has 0 heterocycles. The van der Waals surface area contributed by atoms with Gasteiger partial charge in [0.05, 0.1) is 4.61 Å². The minimum absolute atomic E-state index is 0.126. The lowest BCUT2D eigenvalue weighted by Crippen LogP contribution is -2.28. The van der Waals surface area contributed by atoms with E-state index in [1.165, 1.54) is 0 Å². The van der Waals surface area contributed by atoms with Gasteiger partial charge in [0.15, 0.2) is 7.14 Å². The van der Waals surface area contributed by atoms with Crippen molar-refractivity contribution < 1.29 is 9.36 Å². The van der Waals surface area contributed by atoms with Crippen molar-refractivity contribution in [2.75, 3.05) is 12.5 Å². The maximum Gasteiger partial charge on any atom is 0.202 e. The van der Waals surface area contributed by atoms with Crippen molar-refractivity contribution in [2.24, 2.45) is 0 Å². The van der Waals surface area contributed by atoms with Gasteiger partial charge in [-0.3, -0.25) is 4.79 Å². The van der Waals surface area contributed by atoms with E-state index in [1.54, 1.807) is 0 Å². The number of carbonyl (C=O) groups excluding carboxylic acids is 1. The van der Waals surface area contributed by atoms with Crippen LogP contribution < -0.4 is 10.6 Å². The highest BCUT2D eigenvalue weighted by molar-refractivity contribution is 8.27. The Morgan fingerprint density at radius 1 is 0.741 bits per heavy atom. The molecule has 0 atom stereocenters. The summed E-state index contributed by atoms with van der Waals surface area (Å²) < 4.78 is 15.1. The average Bonchev–Trinajstić information content (AvgIpc) is 2.69. The Balaban J connectivity index is 2.26. The summed E-state index contributed by atoms with van der Waals surface area (Å²) in [6, 6.07) is 26.3. The van der Waals surface area contributed by atoms with Crippen molar-refractivity contribution in [3.05, 3.63) is 96.1 Å². The Morgan fingerprint density at radius 3 is 1.59 bits per heavy atom. The number of carbonyl (C=O) groups is 1. The highest BCUT2D eigenvalue weighted by Crippen LogP contribution is 2.49. The molecule has 27 heavy (non-hydrogen) atoms. The molecule has 0 aliphatic heterocycles. The average molecular weight is 394 g/mol. The lowest BCUT2D eigenvalue weighted by atomic mass is 10.1. The summed E-state index contributed by atoms with van der Waals surface area (Å²) >= 11 is 0. The molecule has 0 N–H and O–H groups in total. The third kappa shape index (κ3) is 3.90. The Labute approximate surface area is 163 Å². The summed E-state index contributed by atoms with van der Waals surface area (Å²) in [7, 11) is -3.70. The van der Waals surface area contributed by atoms with E-state index in [0.29, 0.717) is 20.8 Å². The number of aryl methyl sites for hydroxylation is 1. The molecule has 0 fully saturated rings. The Hall–Kier alpha value is -2.22. The molecule has 0 aliphatic rings. The van der Waals surface area contributed by atoms with Gasteiger partial charge in [-0.05, 0) is 19.4 Å². The molecule has 0 aliphatic carbocycles. The second-order valence-electron chi connectivity index (χ2n) is 6.60. The smallest absolute Gasteiger partial charge is 0.202 e. The van der Waals surface area contributed by atoms with Gasteiger partial charge in [0.1, 0.15) is 0 Å². The molecule has 4 heteroatoms. The number of hydrogen-bond donors (Lipinski definition) is 0. The normalized spacial score (nSPS) is 11.4. The second kappa shape index (κ2) is 8.21. The number of rotatable bonds is 5. The van der Waals surface area contributed by atoms with Crippen molar-refractivity contribution in [3.8, 4) is 0 Å². The van der Waals surface area contributed by atoms with E-state index in [4.69, 9.17) is 0 Å². The second-order valence-corrected chi connectivity index (χ2v) is 11.6. The van der Waals surface area contributed by atoms with Crippen molar-refractivity contribution >= 4 is 38.6 Å². The minimum Gasteiger partial charge on any atom is -0.308 e. The van der Waals surface area contributed by atoms with Gasteiger partial charge in [0.25, 0.3) is 0 Å². The van der Waals surface area contributed by atoms with Gasteiger partial charge in [-0.15, -0.1) is 0 Å². The van der Waals surface area contributed by atoms with Gasteiger partial charge in [0.2, 0.25) is 5.78 Å². The molecule has 3 rings (SSSR count). The van der Waals surface area contributed by atoms with E-state index in [0.717, 1.165) is 5.56 Å². The van der Waals surface area contributed by atoms with Gasteiger partial charge >= 0.3 is 0 Å². The van der Waals surface area contributed by atoms with E-state index >= 15 is 0 Å². The largest absolute Gasteiger partial charge is 0.308 e. The molecule has 3 aromatic carbocycles. The van der Waals surface area contributed by atoms with E-state index in [9.17, 15) is 9.36 Å². The molecule has 0 aromatic heterocycles. The lowest BCUT2D eigenvalue weighted by molar-refractivity contribution is 0.107. The van der Waals surface area contributed by atoms with Crippen LogP contribution in [0.15, 0.2) is 84.9 Å². The first-order chi connectivity index (χ1) is 12.9. The topological polar surface area (TPSA) is 34.1 Å². The molecule has 138 valence electrons. The Bertz CT molecular complexity index is 975. The van der Waals surface area contributed by atoms with Crippen molar-refractivity contribution in [3.63, 3.8) is 0 Å². The predicted octanol–water partition coefficient (Wildman–Crippen LogP) is 4.85. The molecule has 3 aromatic rings. The Kier molecular flexibility index (Phi) is 5.94. The zero-order valence-corrected chi connectivity index (χ0v) is 17.5. The van der Waals surface area contributed by atoms with E-state index < -0.39 is 17.6 Å². The van der Waals surface area contributed by atoms with Gasteiger partial charge in [-0.2, -0.15) is 10.5 Å². The predicted molar refractivity (Wildman–Crippen MR) is 120 cm³/mol. The SMILES string of the molecule is Cc1ccc(C(=O)C(=S(C)C)P(=O)(c2ccccc2)c2ccccc2)cc1. The highest BCUT2D eigenvalue weighted by atomic mass is 32.2. The third-order valence-corrected chi connectivity index (χ3v) is 10.1. The fourth-order valence-electron chi connectivity index (χ4n) is 3.07. The van der Waals surface area contributed by atoms with Crippen LogP contribution in [0.4, 0.5) is 0 Å². The summed E-state index contributed by atoms with van der Waals surface area (Å²) in [6.07, 6.45) is 3.94. The maximum atomic E-state index is 14.6. The quantitative estimate of drug-likeness (QED) is 0.352. The lowest BCUT2D eigenvalue weighted by Gasteiger charge is -2.23. The third-order valence-electron chi connectivity index (χ3n) is 4.42. The fraction of sp³-hybridized carbons (Fsp3) is 0.130. The fourth-order valence-corrected chi connectivity index (χ4v) is 8.62. The van der Waals surface area contributed by atoms with E-state index in [1.807, 2.05) is 104 Å². The molecule has 0 amide bonds. The van der Waals surface area contributed by atoms with Crippen LogP contribution in [0.2, 0.25) is 0 Å². The number of ketones is 1. The van der Waals surface area contributed by atoms with Gasteiger partial charge in [-0.1, -0.05) is 90.5 Å². The highest BCUT2D eigenvalue weighted by Gasteiger charge is 2.37. The van der Waals surface area contributed by atoms with Crippen molar-refractivity contribution in [1.82, 2.24) is 0 Å². The number of Topliss-reactive ketones (excluding diaryl/α,β-unsaturated/α-hetero) is 1. The van der Waals surface area contributed by atoms with Crippen molar-refractivity contribution in [2.45, 2.75) is 6.92 Å². The van der Waals surface area contributed by atoms with Crippen LogP contribution in [0.1, 0.15) is 15.9 Å². The van der Waals surface area contributed by atoms with E-state index in [2.05, 4.69) is 0 Å². The molecule has 0 spiro atoms. The summed E-state index contributed by atoms with van der Waals surface area (Å²) in [5.41, 5.74) is 1.68. The van der Waals surface area contributed by atoms with Gasteiger partial charge in [0, 0.05) is 16.2 Å². The van der Waals surface area contributed by atoms with E-state index in [-0.39, 0.29) is 5.78 Å². The van der Waals surface area contributed by atoms with Gasteiger partial charge < -0.3 is 4.57 Å². The zero-order valence-electron chi connectivity index (χ0n) is 15.8. The standard InChI is InChI=1S/C23H23O2PS/c1-18-14-16-19(17-15-18)22(24)23(27(2)3)26(25,20-10-6-4-7-11-20)21-12-8-5-9-13-21/h4-17H,1-3H3. The number of hydrogen-bond acceptors (Lipinski definition) is 2. The zero-order chi connectivity index (χ0) is 19.4. The molecule has 0 radical (unpaired) electrons. The molecule has 0 saturated carbocycles. The van der Waals surface area contributed by atoms with Crippen LogP contribution in [0.3, 0.4) is 0 Å². The number of benzene rings is 3. The molecule has 0 bridgehead atoms. The summed E-state index contributed by atoms with van der Waals surface area (Å²) in [5, 5.41) is 1.40. The maximum absolute atomic E-state index is 14.6. The van der Waals surface area contributed by atoms with Crippen LogP contribution in [0.5, 0.6) is 0 Å². The Morgan fingerprint density at radius 2 is 1.19 bits per heavy atom. The van der Waals surface area contributed by atoms with Crippen LogP contribution in [0.25, 0.3) is 0 Å². The summed E-state index contributed by atoms with van der Waals surface area (Å²) in [5.74, 6) is -0.126. The first-order valence-electron chi connectivity index (χ1n) is 8.72. The monoisotopic (exact) mass is 394 g/mol. The summed E-state index contributed by atoms with van der Waals surface area (Å²) in [6.45, 7) is 1.99. The van der Waals surface area contributed by atoms with Crippen molar-refractivity contribution in [1.29, 1.82) is 0 Å². The molecule has 2 nitrogen and oxygen atoms in total. The van der Waals surface area contributed by atoms with Crippen LogP contribution in [-0.4, -0.2) is 22.9 Å². The first-order valence-corrected chi connectivity index (χ1v) is 12.5. The molecule has 0 unspecified atom stereocenters. The first kappa shape index (κ1) is 19.5.